The van der Waals surface area contributed by atoms with Gasteiger partial charge in [-0.25, -0.2) is 8.42 Å². The molecule has 2 heterocycles. The summed E-state index contributed by atoms with van der Waals surface area (Å²) in [7, 11) is -2.41. The van der Waals surface area contributed by atoms with Crippen LogP contribution in [0.25, 0.3) is 10.2 Å². The van der Waals surface area contributed by atoms with E-state index < -0.39 is 21.9 Å². The second-order valence-corrected chi connectivity index (χ2v) is 11.4. The van der Waals surface area contributed by atoms with E-state index in [1.54, 1.807) is 4.57 Å². The van der Waals surface area contributed by atoms with Crippen LogP contribution in [0, 0.1) is 6.92 Å². The van der Waals surface area contributed by atoms with Gasteiger partial charge in [-0.15, -0.1) is 0 Å². The zero-order valence-electron chi connectivity index (χ0n) is 19.9. The molecule has 0 bridgehead atoms. The number of rotatable bonds is 5. The molecule has 1 aromatic heterocycles. The number of aromatic nitrogens is 1. The molecule has 1 aliphatic rings. The van der Waals surface area contributed by atoms with E-state index in [0.717, 1.165) is 15.8 Å². The molecule has 2 unspecified atom stereocenters. The predicted molar refractivity (Wildman–Crippen MR) is 132 cm³/mol. The second-order valence-electron chi connectivity index (χ2n) is 8.49. The van der Waals surface area contributed by atoms with Crippen molar-refractivity contribution in [1.29, 1.82) is 0 Å². The summed E-state index contributed by atoms with van der Waals surface area (Å²) < 4.78 is 40.5. The van der Waals surface area contributed by atoms with Gasteiger partial charge < -0.3 is 14.0 Å². The molecule has 9 nitrogen and oxygen atoms in total. The number of esters is 1. The zero-order chi connectivity index (χ0) is 25.3. The molecule has 1 fully saturated rings. The summed E-state index contributed by atoms with van der Waals surface area (Å²) in [4.78, 5) is 29.7. The SMILES string of the molecule is COC(=O)Cn1c(=NC(=O)c2ccc(S(=O)(=O)N3CC(C)OC(C)C3)cc2)sc2cccc(C)c21. The maximum Gasteiger partial charge on any atom is 0.325 e. The fraction of sp³-hybridized carbons (Fsp3) is 0.375. The van der Waals surface area contributed by atoms with E-state index in [4.69, 9.17) is 9.47 Å². The highest BCUT2D eigenvalue weighted by atomic mass is 32.2. The third-order valence-electron chi connectivity index (χ3n) is 5.74. The van der Waals surface area contributed by atoms with Crippen LogP contribution in [0.4, 0.5) is 0 Å². The number of carbonyl (C=O) groups is 2. The highest BCUT2D eigenvalue weighted by Crippen LogP contribution is 2.23. The summed E-state index contributed by atoms with van der Waals surface area (Å²) in [5.74, 6) is -0.992. The van der Waals surface area contributed by atoms with Crippen LogP contribution in [0.5, 0.6) is 0 Å². The van der Waals surface area contributed by atoms with Gasteiger partial charge in [0.15, 0.2) is 4.80 Å². The van der Waals surface area contributed by atoms with E-state index in [0.29, 0.717) is 4.80 Å². The minimum absolute atomic E-state index is 0.0823. The number of hydrogen-bond acceptors (Lipinski definition) is 7. The molecule has 0 saturated carbocycles. The highest BCUT2D eigenvalue weighted by molar-refractivity contribution is 7.89. The van der Waals surface area contributed by atoms with Gasteiger partial charge >= 0.3 is 5.97 Å². The van der Waals surface area contributed by atoms with E-state index in [9.17, 15) is 18.0 Å². The lowest BCUT2D eigenvalue weighted by atomic mass is 10.2. The lowest BCUT2D eigenvalue weighted by Gasteiger charge is -2.34. The van der Waals surface area contributed by atoms with Gasteiger partial charge in [-0.2, -0.15) is 9.30 Å². The molecular formula is C24H27N3O6S2. The monoisotopic (exact) mass is 517 g/mol. The van der Waals surface area contributed by atoms with Gasteiger partial charge in [0.2, 0.25) is 10.0 Å². The minimum atomic E-state index is -3.72. The Kier molecular flexibility index (Phi) is 7.22. The Morgan fingerprint density at radius 3 is 2.40 bits per heavy atom. The summed E-state index contributed by atoms with van der Waals surface area (Å²) in [6.07, 6.45) is -0.399. The standard InChI is InChI=1S/C24H27N3O6S2/c1-15-6-5-7-20-22(15)27(14-21(28)32-4)24(34-20)25-23(29)18-8-10-19(11-9-18)35(30,31)26-12-16(2)33-17(3)13-26/h5-11,16-17H,12-14H2,1-4H3. The Balaban J connectivity index is 1.66. The van der Waals surface area contributed by atoms with Gasteiger partial charge in [-0.3, -0.25) is 9.59 Å². The molecule has 1 aliphatic heterocycles. The molecule has 186 valence electrons. The quantitative estimate of drug-likeness (QED) is 0.482. The Bertz CT molecular complexity index is 1430. The molecule has 0 N–H and O–H groups in total. The van der Waals surface area contributed by atoms with Gasteiger partial charge in [0, 0.05) is 18.7 Å². The van der Waals surface area contributed by atoms with E-state index >= 15 is 0 Å². The number of sulfonamides is 1. The molecule has 0 spiro atoms. The number of carbonyl (C=O) groups excluding carboxylic acids is 2. The van der Waals surface area contributed by atoms with Gasteiger partial charge in [0.25, 0.3) is 5.91 Å². The first-order chi connectivity index (χ1) is 16.6. The van der Waals surface area contributed by atoms with Crippen molar-refractivity contribution in [2.45, 2.75) is 44.4 Å². The Labute approximate surface area is 207 Å². The van der Waals surface area contributed by atoms with Crippen LogP contribution in [0.2, 0.25) is 0 Å². The fourth-order valence-electron chi connectivity index (χ4n) is 4.13. The van der Waals surface area contributed by atoms with Crippen LogP contribution in [0.1, 0.15) is 29.8 Å². The average molecular weight is 518 g/mol. The number of nitrogens with zero attached hydrogens (tertiary/aromatic N) is 3. The van der Waals surface area contributed by atoms with Crippen LogP contribution in [0.15, 0.2) is 52.4 Å². The first-order valence-electron chi connectivity index (χ1n) is 11.1. The summed E-state index contributed by atoms with van der Waals surface area (Å²) in [6.45, 7) is 6.06. The number of fused-ring (bicyclic) bond motifs is 1. The van der Waals surface area contributed by atoms with Crippen LogP contribution in [-0.2, 0) is 30.8 Å². The number of benzene rings is 2. The Morgan fingerprint density at radius 2 is 1.77 bits per heavy atom. The summed E-state index contributed by atoms with van der Waals surface area (Å²) in [5, 5.41) is 0. The van der Waals surface area contributed by atoms with Crippen molar-refractivity contribution in [3.8, 4) is 0 Å². The molecule has 11 heteroatoms. The third-order valence-corrected chi connectivity index (χ3v) is 8.63. The Hall–Kier alpha value is -2.86. The van der Waals surface area contributed by atoms with Gasteiger partial charge in [-0.1, -0.05) is 23.5 Å². The molecule has 4 rings (SSSR count). The number of thiazole rings is 1. The maximum atomic E-state index is 13.1. The molecule has 0 radical (unpaired) electrons. The van der Waals surface area contributed by atoms with Crippen molar-refractivity contribution in [2.24, 2.45) is 4.99 Å². The number of aryl methyl sites for hydroxylation is 1. The molecule has 2 aromatic carbocycles. The predicted octanol–water partition coefficient (Wildman–Crippen LogP) is 2.72. The molecule has 1 saturated heterocycles. The highest BCUT2D eigenvalue weighted by Gasteiger charge is 2.32. The largest absolute Gasteiger partial charge is 0.468 e. The molecule has 3 aromatic rings. The molecule has 0 aliphatic carbocycles. The van der Waals surface area contributed by atoms with Crippen LogP contribution >= 0.6 is 11.3 Å². The van der Waals surface area contributed by atoms with Gasteiger partial charge in [-0.05, 0) is 56.7 Å². The third kappa shape index (κ3) is 5.22. The lowest BCUT2D eigenvalue weighted by molar-refractivity contribution is -0.141. The maximum absolute atomic E-state index is 13.1. The molecule has 2 atom stereocenters. The van der Waals surface area contributed by atoms with Crippen LogP contribution < -0.4 is 4.80 Å². The number of hydrogen-bond donors (Lipinski definition) is 0. The minimum Gasteiger partial charge on any atom is -0.468 e. The number of ether oxygens (including phenoxy) is 2. The van der Waals surface area contributed by atoms with Crippen molar-refractivity contribution in [1.82, 2.24) is 8.87 Å². The van der Waals surface area contributed by atoms with Crippen molar-refractivity contribution in [2.75, 3.05) is 20.2 Å². The number of amides is 1. The number of morpholine rings is 1. The van der Waals surface area contributed by atoms with E-state index in [-0.39, 0.29) is 42.3 Å². The van der Waals surface area contributed by atoms with E-state index in [2.05, 4.69) is 4.99 Å². The van der Waals surface area contributed by atoms with E-state index in [1.165, 1.54) is 47.0 Å². The molecule has 1 amide bonds. The van der Waals surface area contributed by atoms with Crippen LogP contribution in [-0.4, -0.2) is 61.6 Å². The topological polar surface area (TPSA) is 107 Å². The normalized spacial score (nSPS) is 19.7. The molecule has 35 heavy (non-hydrogen) atoms. The first-order valence-corrected chi connectivity index (χ1v) is 13.4. The first kappa shape index (κ1) is 25.2. The smallest absolute Gasteiger partial charge is 0.325 e. The summed E-state index contributed by atoms with van der Waals surface area (Å²) >= 11 is 1.29. The van der Waals surface area contributed by atoms with Crippen molar-refractivity contribution >= 4 is 43.5 Å². The summed E-state index contributed by atoms with van der Waals surface area (Å²) in [6, 6.07) is 11.5. The van der Waals surface area contributed by atoms with Crippen molar-refractivity contribution in [3.05, 3.63) is 58.4 Å². The van der Waals surface area contributed by atoms with Gasteiger partial charge in [0.05, 0.1) is 34.4 Å². The van der Waals surface area contributed by atoms with Crippen molar-refractivity contribution < 1.29 is 27.5 Å². The average Bonchev–Trinajstić information content (AvgIpc) is 3.16. The van der Waals surface area contributed by atoms with E-state index in [1.807, 2.05) is 39.0 Å². The van der Waals surface area contributed by atoms with Crippen molar-refractivity contribution in [3.63, 3.8) is 0 Å². The Morgan fingerprint density at radius 1 is 1.11 bits per heavy atom. The summed E-state index contributed by atoms with van der Waals surface area (Å²) in [5.41, 5.74) is 1.99. The zero-order valence-corrected chi connectivity index (χ0v) is 21.6. The fourth-order valence-corrected chi connectivity index (χ4v) is 6.83. The second kappa shape index (κ2) is 10.0. The lowest BCUT2D eigenvalue weighted by Crippen LogP contribution is -2.48. The number of methoxy groups -OCH3 is 1. The number of para-hydroxylation sites is 1. The van der Waals surface area contributed by atoms with Gasteiger partial charge in [0.1, 0.15) is 6.54 Å². The molecular weight excluding hydrogens is 490 g/mol. The van der Waals surface area contributed by atoms with Crippen LogP contribution in [0.3, 0.4) is 0 Å².